The van der Waals surface area contributed by atoms with Gasteiger partial charge in [0.25, 0.3) is 0 Å². The van der Waals surface area contributed by atoms with Crippen LogP contribution < -0.4 is 0 Å². The van der Waals surface area contributed by atoms with Crippen LogP contribution in [0.4, 0.5) is 0 Å². The zero-order valence-electron chi connectivity index (χ0n) is 14.5. The number of aromatic nitrogens is 1. The minimum absolute atomic E-state index is 0.602. The maximum atomic E-state index is 13.4. The van der Waals surface area contributed by atoms with Crippen LogP contribution in [0.1, 0.15) is 12.3 Å². The van der Waals surface area contributed by atoms with Gasteiger partial charge in [0.2, 0.25) is 0 Å². The molecule has 3 aromatic carbocycles. The summed E-state index contributed by atoms with van der Waals surface area (Å²) < 4.78 is 17.4. The van der Waals surface area contributed by atoms with Gasteiger partial charge in [-0.25, -0.2) is 0 Å². The Labute approximate surface area is 176 Å². The molecule has 1 N–H and O–H groups in total. The van der Waals surface area contributed by atoms with E-state index in [4.69, 9.17) is 0 Å². The number of fused-ring (bicyclic) bond motifs is 3. The van der Waals surface area contributed by atoms with Crippen molar-refractivity contribution >= 4 is 64.5 Å². The summed E-state index contributed by atoms with van der Waals surface area (Å²) in [4.78, 5) is 0.702. The Morgan fingerprint density at radius 3 is 1.89 bits per heavy atom. The molecule has 1 aromatic heterocycles. The molecule has 0 amide bonds. The molecular weight excluding hydrogens is 490 g/mol. The molecule has 0 saturated heterocycles. The van der Waals surface area contributed by atoms with Crippen LogP contribution in [0, 0.1) is 0 Å². The average molecular weight is 507 g/mol. The highest BCUT2D eigenvalue weighted by atomic mass is 79.9. The monoisotopic (exact) mass is 505 g/mol. The molecule has 3 atom stereocenters. The predicted molar refractivity (Wildman–Crippen MR) is 118 cm³/mol. The van der Waals surface area contributed by atoms with E-state index in [9.17, 15) is 9.32 Å². The molecule has 3 unspecified atom stereocenters. The molecule has 4 rings (SSSR count). The molecule has 0 saturated carbocycles. The van der Waals surface area contributed by atoms with Crippen molar-refractivity contribution in [1.29, 1.82) is 0 Å². The minimum atomic E-state index is -1.41. The third-order valence-electron chi connectivity index (χ3n) is 4.59. The van der Waals surface area contributed by atoms with Gasteiger partial charge >= 0.3 is 0 Å². The van der Waals surface area contributed by atoms with E-state index in [1.165, 1.54) is 0 Å². The van der Waals surface area contributed by atoms with Crippen molar-refractivity contribution in [2.24, 2.45) is 0 Å². The molecule has 4 aromatic rings. The number of rotatable bonds is 4. The molecule has 0 fully saturated rings. The number of hydrogen-bond acceptors (Lipinski definition) is 2. The quantitative estimate of drug-likeness (QED) is 0.368. The molecule has 0 bridgehead atoms. The van der Waals surface area contributed by atoms with Crippen LogP contribution in [-0.2, 0) is 10.8 Å². The van der Waals surface area contributed by atoms with Crippen molar-refractivity contribution in [3.05, 3.63) is 75.7 Å². The Morgan fingerprint density at radius 2 is 1.41 bits per heavy atom. The summed E-state index contributed by atoms with van der Waals surface area (Å²) in [6.07, 6.45) is -0.794. The maximum Gasteiger partial charge on any atom is 0.140 e. The van der Waals surface area contributed by atoms with E-state index in [2.05, 4.69) is 44.0 Å². The largest absolute Gasteiger partial charge is 0.390 e. The fourth-order valence-electron chi connectivity index (χ4n) is 3.46. The van der Waals surface area contributed by atoms with Crippen LogP contribution >= 0.6 is 31.9 Å². The molecule has 0 aliphatic heterocycles. The van der Waals surface area contributed by atoms with E-state index in [1.807, 2.05) is 59.2 Å². The van der Waals surface area contributed by atoms with Crippen LogP contribution in [-0.4, -0.2) is 20.0 Å². The zero-order valence-corrected chi connectivity index (χ0v) is 18.5. The topological polar surface area (TPSA) is 42.2 Å². The first-order chi connectivity index (χ1) is 13.0. The second-order valence-corrected chi connectivity index (χ2v) is 9.82. The van der Waals surface area contributed by atoms with Crippen LogP contribution in [0.15, 0.2) is 80.6 Å². The number of nitrogens with zero attached hydrogens (tertiary/aromatic N) is 1. The Bertz CT molecular complexity index is 1100. The van der Waals surface area contributed by atoms with Gasteiger partial charge in [0.05, 0.1) is 27.9 Å². The fraction of sp³-hybridized carbons (Fsp3) is 0.143. The molecule has 1 heterocycles. The van der Waals surface area contributed by atoms with Crippen molar-refractivity contribution in [3.63, 3.8) is 0 Å². The molecular formula is C21H17Br2NO2S. The van der Waals surface area contributed by atoms with Crippen molar-refractivity contribution < 1.29 is 9.32 Å². The highest BCUT2D eigenvalue weighted by Gasteiger charge is 2.28. The number of aliphatic hydroxyl groups excluding tert-OH is 1. The van der Waals surface area contributed by atoms with Crippen LogP contribution in [0.5, 0.6) is 0 Å². The normalized spacial score (nSPS) is 15.1. The molecule has 27 heavy (non-hydrogen) atoms. The average Bonchev–Trinajstić information content (AvgIpc) is 2.95. The van der Waals surface area contributed by atoms with Crippen molar-refractivity contribution in [2.75, 3.05) is 0 Å². The summed E-state index contributed by atoms with van der Waals surface area (Å²) in [7, 11) is -1.41. The lowest BCUT2D eigenvalue weighted by molar-refractivity contribution is 0.170. The van der Waals surface area contributed by atoms with Crippen LogP contribution in [0.25, 0.3) is 21.8 Å². The van der Waals surface area contributed by atoms with Gasteiger partial charge in [0.15, 0.2) is 0 Å². The van der Waals surface area contributed by atoms with Gasteiger partial charge in [-0.3, -0.25) is 4.21 Å². The summed E-state index contributed by atoms with van der Waals surface area (Å²) in [5.41, 5.74) is 1.89. The summed E-state index contributed by atoms with van der Waals surface area (Å²) in [6.45, 7) is 1.70. The predicted octanol–water partition coefficient (Wildman–Crippen LogP) is 6.01. The van der Waals surface area contributed by atoms with Crippen molar-refractivity contribution in [1.82, 2.24) is 4.57 Å². The van der Waals surface area contributed by atoms with E-state index < -0.39 is 22.3 Å². The van der Waals surface area contributed by atoms with Crippen LogP contribution in [0.2, 0.25) is 0 Å². The van der Waals surface area contributed by atoms with E-state index in [0.29, 0.717) is 4.90 Å². The number of aliphatic hydroxyl groups is 1. The number of benzene rings is 3. The lowest BCUT2D eigenvalue weighted by Gasteiger charge is -2.23. The first-order valence-electron chi connectivity index (χ1n) is 8.50. The Balaban J connectivity index is 2.04. The molecule has 0 aliphatic carbocycles. The van der Waals surface area contributed by atoms with Crippen molar-refractivity contribution in [2.45, 2.75) is 23.3 Å². The molecule has 6 heteroatoms. The number of hydrogen-bond donors (Lipinski definition) is 1. The van der Waals surface area contributed by atoms with Gasteiger partial charge in [0.1, 0.15) is 5.37 Å². The third kappa shape index (κ3) is 3.40. The van der Waals surface area contributed by atoms with E-state index >= 15 is 0 Å². The van der Waals surface area contributed by atoms with Gasteiger partial charge in [-0.1, -0.05) is 50.1 Å². The lowest BCUT2D eigenvalue weighted by atomic mass is 10.2. The standard InChI is InChI=1S/C21H17Br2NO2S/c1-13(25)21(27(26)16-5-3-2-4-6-16)24-19-9-7-14(22)11-17(19)18-12-15(23)8-10-20(18)24/h2-13,21,25H,1H3. The van der Waals surface area contributed by atoms with E-state index in [1.54, 1.807) is 6.92 Å². The second kappa shape index (κ2) is 7.51. The van der Waals surface area contributed by atoms with E-state index in [0.717, 1.165) is 30.8 Å². The van der Waals surface area contributed by atoms with E-state index in [-0.39, 0.29) is 0 Å². The molecule has 0 aliphatic rings. The smallest absolute Gasteiger partial charge is 0.140 e. The first-order valence-corrected chi connectivity index (χ1v) is 11.3. The van der Waals surface area contributed by atoms with Gasteiger partial charge in [-0.15, -0.1) is 0 Å². The van der Waals surface area contributed by atoms with Gasteiger partial charge in [0, 0.05) is 24.6 Å². The third-order valence-corrected chi connectivity index (χ3v) is 7.36. The van der Waals surface area contributed by atoms with Gasteiger partial charge < -0.3 is 9.67 Å². The highest BCUT2D eigenvalue weighted by Crippen LogP contribution is 2.38. The molecule has 3 nitrogen and oxygen atoms in total. The number of halogens is 2. The maximum absolute atomic E-state index is 13.4. The van der Waals surface area contributed by atoms with Crippen LogP contribution in [0.3, 0.4) is 0 Å². The SMILES string of the molecule is CC(O)C(n1c2ccc(Br)cc2c2cc(Br)ccc21)S(=O)c1ccccc1. The van der Waals surface area contributed by atoms with Gasteiger partial charge in [-0.05, 0) is 55.5 Å². The first kappa shape index (κ1) is 18.9. The van der Waals surface area contributed by atoms with Crippen molar-refractivity contribution in [3.8, 4) is 0 Å². The Kier molecular flexibility index (Phi) is 5.25. The Hall–Kier alpha value is -1.47. The summed E-state index contributed by atoms with van der Waals surface area (Å²) >= 11 is 7.09. The highest BCUT2D eigenvalue weighted by molar-refractivity contribution is 9.10. The Morgan fingerprint density at radius 1 is 0.889 bits per heavy atom. The lowest BCUT2D eigenvalue weighted by Crippen LogP contribution is -2.25. The summed E-state index contributed by atoms with van der Waals surface area (Å²) in [5.74, 6) is 0. The molecule has 138 valence electrons. The van der Waals surface area contributed by atoms with Gasteiger partial charge in [-0.2, -0.15) is 0 Å². The second-order valence-electron chi connectivity index (χ2n) is 6.43. The zero-order chi connectivity index (χ0) is 19.1. The minimum Gasteiger partial charge on any atom is -0.390 e. The summed E-state index contributed by atoms with van der Waals surface area (Å²) in [5, 5.41) is 12.1. The molecule has 0 radical (unpaired) electrons. The summed E-state index contributed by atoms with van der Waals surface area (Å²) in [6, 6.07) is 21.4. The fourth-order valence-corrected chi connectivity index (χ4v) is 5.66. The molecule has 0 spiro atoms.